The van der Waals surface area contributed by atoms with Crippen LogP contribution in [0, 0.1) is 5.92 Å². The standard InChI is InChI=1S/C11H19F3N4/c1-17-5-3-15-10(17)16-6-9-2-4-18(7-9)8-11(12,13)14/h9H,2-8H2,1H3,(H,15,16). The van der Waals surface area contributed by atoms with Crippen molar-refractivity contribution in [2.75, 3.05) is 46.3 Å². The van der Waals surface area contributed by atoms with Crippen LogP contribution in [0.4, 0.5) is 13.2 Å². The number of likely N-dealkylation sites (tertiary alicyclic amines) is 1. The lowest BCUT2D eigenvalue weighted by Gasteiger charge is -2.19. The molecule has 0 aromatic rings. The number of nitrogens with one attached hydrogen (secondary N) is 1. The molecule has 1 saturated heterocycles. The molecule has 2 aliphatic heterocycles. The number of rotatable bonds is 3. The van der Waals surface area contributed by atoms with Crippen LogP contribution in [0.5, 0.6) is 0 Å². The highest BCUT2D eigenvalue weighted by Gasteiger charge is 2.34. The largest absolute Gasteiger partial charge is 0.401 e. The molecular weight excluding hydrogens is 245 g/mol. The molecule has 0 bridgehead atoms. The van der Waals surface area contributed by atoms with Gasteiger partial charge in [0.1, 0.15) is 0 Å². The van der Waals surface area contributed by atoms with Crippen LogP contribution >= 0.6 is 0 Å². The lowest BCUT2D eigenvalue weighted by Crippen LogP contribution is -2.39. The van der Waals surface area contributed by atoms with E-state index in [2.05, 4.69) is 10.3 Å². The Kier molecular flexibility index (Phi) is 3.99. The van der Waals surface area contributed by atoms with Crippen molar-refractivity contribution in [2.45, 2.75) is 12.6 Å². The molecular formula is C11H19F3N4. The van der Waals surface area contributed by atoms with Gasteiger partial charge in [-0.25, -0.2) is 0 Å². The molecule has 1 N–H and O–H groups in total. The van der Waals surface area contributed by atoms with Gasteiger partial charge in [0, 0.05) is 26.7 Å². The lowest BCUT2D eigenvalue weighted by atomic mass is 10.1. The molecule has 2 heterocycles. The summed E-state index contributed by atoms with van der Waals surface area (Å²) in [5.41, 5.74) is 0. The molecule has 7 heteroatoms. The number of likely N-dealkylation sites (N-methyl/N-ethyl adjacent to an activating group) is 1. The zero-order chi connectivity index (χ0) is 13.2. The number of alkyl halides is 3. The summed E-state index contributed by atoms with van der Waals surface area (Å²) in [6, 6.07) is 0. The molecule has 1 unspecified atom stereocenters. The summed E-state index contributed by atoms with van der Waals surface area (Å²) in [6.45, 7) is 2.68. The van der Waals surface area contributed by atoms with E-state index in [0.29, 0.717) is 19.6 Å². The number of guanidine groups is 1. The highest BCUT2D eigenvalue weighted by atomic mass is 19.4. The maximum absolute atomic E-state index is 12.2. The zero-order valence-corrected chi connectivity index (χ0v) is 10.5. The Morgan fingerprint density at radius 1 is 1.39 bits per heavy atom. The Balaban J connectivity index is 1.70. The van der Waals surface area contributed by atoms with Crippen molar-refractivity contribution >= 4 is 5.96 Å². The average molecular weight is 264 g/mol. The van der Waals surface area contributed by atoms with Gasteiger partial charge >= 0.3 is 6.18 Å². The monoisotopic (exact) mass is 264 g/mol. The summed E-state index contributed by atoms with van der Waals surface area (Å²) < 4.78 is 36.7. The quantitative estimate of drug-likeness (QED) is 0.816. The second-order valence-corrected chi connectivity index (χ2v) is 5.01. The Morgan fingerprint density at radius 3 is 2.78 bits per heavy atom. The van der Waals surface area contributed by atoms with Crippen LogP contribution in [-0.4, -0.2) is 68.3 Å². The number of aliphatic imine (C=N–C) groups is 1. The molecule has 0 aromatic heterocycles. The molecule has 18 heavy (non-hydrogen) atoms. The first-order valence-corrected chi connectivity index (χ1v) is 6.22. The molecule has 4 nitrogen and oxygen atoms in total. The first kappa shape index (κ1) is 13.5. The van der Waals surface area contributed by atoms with Crippen molar-refractivity contribution in [3.05, 3.63) is 0 Å². The molecule has 0 radical (unpaired) electrons. The van der Waals surface area contributed by atoms with Gasteiger partial charge in [0.05, 0.1) is 13.1 Å². The van der Waals surface area contributed by atoms with Gasteiger partial charge < -0.3 is 10.2 Å². The fourth-order valence-corrected chi connectivity index (χ4v) is 2.44. The van der Waals surface area contributed by atoms with Crippen LogP contribution in [0.2, 0.25) is 0 Å². The molecule has 0 aliphatic carbocycles. The summed E-state index contributed by atoms with van der Waals surface area (Å²) in [6.07, 6.45) is -3.27. The SMILES string of the molecule is CN1CCN=C1NCC1CCN(CC(F)(F)F)C1. The van der Waals surface area contributed by atoms with Crippen molar-refractivity contribution in [3.63, 3.8) is 0 Å². The number of halogens is 3. The maximum atomic E-state index is 12.2. The van der Waals surface area contributed by atoms with E-state index in [1.165, 1.54) is 4.90 Å². The van der Waals surface area contributed by atoms with Gasteiger partial charge in [0.25, 0.3) is 0 Å². The molecule has 1 fully saturated rings. The van der Waals surface area contributed by atoms with Gasteiger partial charge in [-0.3, -0.25) is 9.89 Å². The molecule has 0 aromatic carbocycles. The minimum Gasteiger partial charge on any atom is -0.356 e. The Morgan fingerprint density at radius 2 is 2.17 bits per heavy atom. The highest BCUT2D eigenvalue weighted by Crippen LogP contribution is 2.22. The Hall–Kier alpha value is -0.980. The van der Waals surface area contributed by atoms with Gasteiger partial charge in [0.2, 0.25) is 0 Å². The molecule has 2 aliphatic rings. The summed E-state index contributed by atoms with van der Waals surface area (Å²) in [5, 5.41) is 3.22. The molecule has 0 saturated carbocycles. The van der Waals surface area contributed by atoms with E-state index in [1.807, 2.05) is 11.9 Å². The minimum atomic E-state index is -4.09. The van der Waals surface area contributed by atoms with Crippen molar-refractivity contribution in [2.24, 2.45) is 10.9 Å². The van der Waals surface area contributed by atoms with E-state index in [4.69, 9.17) is 0 Å². The summed E-state index contributed by atoms with van der Waals surface area (Å²) in [7, 11) is 1.96. The van der Waals surface area contributed by atoms with E-state index in [-0.39, 0.29) is 5.92 Å². The van der Waals surface area contributed by atoms with E-state index < -0.39 is 12.7 Å². The lowest BCUT2D eigenvalue weighted by molar-refractivity contribution is -0.143. The van der Waals surface area contributed by atoms with Crippen molar-refractivity contribution in [1.29, 1.82) is 0 Å². The zero-order valence-electron chi connectivity index (χ0n) is 10.5. The second-order valence-electron chi connectivity index (χ2n) is 5.01. The topological polar surface area (TPSA) is 30.9 Å². The third-order valence-electron chi connectivity index (χ3n) is 3.38. The summed E-state index contributed by atoms with van der Waals surface area (Å²) >= 11 is 0. The molecule has 2 rings (SSSR count). The Labute approximate surface area is 105 Å². The van der Waals surface area contributed by atoms with Gasteiger partial charge in [-0.05, 0) is 18.9 Å². The van der Waals surface area contributed by atoms with Crippen molar-refractivity contribution in [3.8, 4) is 0 Å². The average Bonchev–Trinajstić information content (AvgIpc) is 2.82. The van der Waals surface area contributed by atoms with E-state index >= 15 is 0 Å². The van der Waals surface area contributed by atoms with Crippen LogP contribution in [-0.2, 0) is 0 Å². The number of hydrogen-bond donors (Lipinski definition) is 1. The van der Waals surface area contributed by atoms with Gasteiger partial charge in [-0.1, -0.05) is 0 Å². The van der Waals surface area contributed by atoms with Gasteiger partial charge in [0.15, 0.2) is 5.96 Å². The summed E-state index contributed by atoms with van der Waals surface area (Å²) in [4.78, 5) is 7.80. The fraction of sp³-hybridized carbons (Fsp3) is 0.909. The van der Waals surface area contributed by atoms with Crippen LogP contribution < -0.4 is 5.32 Å². The van der Waals surface area contributed by atoms with E-state index in [1.54, 1.807) is 0 Å². The third kappa shape index (κ3) is 3.76. The normalized spacial score (nSPS) is 25.7. The first-order chi connectivity index (χ1) is 8.44. The highest BCUT2D eigenvalue weighted by molar-refractivity contribution is 5.81. The number of hydrogen-bond acceptors (Lipinski definition) is 4. The molecule has 1 atom stereocenters. The smallest absolute Gasteiger partial charge is 0.356 e. The van der Waals surface area contributed by atoms with Crippen LogP contribution in [0.25, 0.3) is 0 Å². The molecule has 0 amide bonds. The molecule has 0 spiro atoms. The third-order valence-corrected chi connectivity index (χ3v) is 3.38. The Bertz CT molecular complexity index is 316. The summed E-state index contributed by atoms with van der Waals surface area (Å²) in [5.74, 6) is 1.15. The second kappa shape index (κ2) is 5.34. The van der Waals surface area contributed by atoms with Crippen molar-refractivity contribution < 1.29 is 13.2 Å². The van der Waals surface area contributed by atoms with Crippen LogP contribution in [0.1, 0.15) is 6.42 Å². The predicted molar refractivity (Wildman–Crippen MR) is 63.5 cm³/mol. The maximum Gasteiger partial charge on any atom is 0.401 e. The van der Waals surface area contributed by atoms with Crippen LogP contribution in [0.15, 0.2) is 4.99 Å². The van der Waals surface area contributed by atoms with E-state index in [0.717, 1.165) is 25.5 Å². The predicted octanol–water partition coefficient (Wildman–Crippen LogP) is 0.762. The van der Waals surface area contributed by atoms with Gasteiger partial charge in [-0.15, -0.1) is 0 Å². The van der Waals surface area contributed by atoms with E-state index in [9.17, 15) is 13.2 Å². The van der Waals surface area contributed by atoms with Gasteiger partial charge in [-0.2, -0.15) is 13.2 Å². The molecule has 104 valence electrons. The first-order valence-electron chi connectivity index (χ1n) is 6.22. The minimum absolute atomic E-state index is 0.282. The van der Waals surface area contributed by atoms with Crippen LogP contribution in [0.3, 0.4) is 0 Å². The number of nitrogens with zero attached hydrogens (tertiary/aromatic N) is 3. The van der Waals surface area contributed by atoms with Crippen molar-refractivity contribution in [1.82, 2.24) is 15.1 Å². The fourth-order valence-electron chi connectivity index (χ4n) is 2.44.